The van der Waals surface area contributed by atoms with Crippen molar-refractivity contribution in [3.8, 4) is 0 Å². The minimum atomic E-state index is -0.294. The highest BCUT2D eigenvalue weighted by Crippen LogP contribution is 2.27. The number of aryl methyl sites for hydroxylation is 2. The maximum Gasteiger partial charge on any atom is 0.325 e. The number of urea groups is 1. The molecule has 6 nitrogen and oxygen atoms in total. The smallest absolute Gasteiger partial charge is 0.325 e. The van der Waals surface area contributed by atoms with Crippen LogP contribution in [-0.4, -0.2) is 29.3 Å². The number of carbonyl (C=O) groups excluding carboxylic acids is 1. The second-order valence-corrected chi connectivity index (χ2v) is 6.44. The normalized spacial score (nSPS) is 14.2. The van der Waals surface area contributed by atoms with Gasteiger partial charge in [0, 0.05) is 18.8 Å². The molecule has 1 fully saturated rings. The average molecular weight is 317 g/mol. The van der Waals surface area contributed by atoms with E-state index in [0.29, 0.717) is 5.13 Å². The second-order valence-electron chi connectivity index (χ2n) is 5.48. The van der Waals surface area contributed by atoms with Gasteiger partial charge in [-0.1, -0.05) is 23.5 Å². The molecule has 1 aromatic carbocycles. The molecule has 1 aliphatic heterocycles. The van der Waals surface area contributed by atoms with Gasteiger partial charge < -0.3 is 10.2 Å². The maximum atomic E-state index is 12.1. The summed E-state index contributed by atoms with van der Waals surface area (Å²) in [6, 6.07) is 5.66. The van der Waals surface area contributed by atoms with E-state index in [9.17, 15) is 4.79 Å². The van der Waals surface area contributed by atoms with Crippen LogP contribution in [0, 0.1) is 13.8 Å². The summed E-state index contributed by atoms with van der Waals surface area (Å²) in [6.45, 7) is 5.99. The van der Waals surface area contributed by atoms with E-state index in [1.165, 1.54) is 24.2 Å². The van der Waals surface area contributed by atoms with Gasteiger partial charge in [0.15, 0.2) is 0 Å². The monoisotopic (exact) mass is 317 g/mol. The predicted molar refractivity (Wildman–Crippen MR) is 89.9 cm³/mol. The standard InChI is InChI=1S/C15H19N5OS/c1-10-5-6-11(2)12(9-10)16-13(21)17-14-18-19-15(22-14)20-7-3-4-8-20/h5-6,9H,3-4,7-8H2,1-2H3,(H2,16,17,18,21). The van der Waals surface area contributed by atoms with Crippen LogP contribution in [0.5, 0.6) is 0 Å². The molecule has 3 rings (SSSR count). The van der Waals surface area contributed by atoms with Crippen LogP contribution in [0.1, 0.15) is 24.0 Å². The molecule has 0 spiro atoms. The first-order valence-electron chi connectivity index (χ1n) is 7.35. The van der Waals surface area contributed by atoms with E-state index in [-0.39, 0.29) is 6.03 Å². The van der Waals surface area contributed by atoms with E-state index in [0.717, 1.165) is 35.0 Å². The van der Waals surface area contributed by atoms with Crippen LogP contribution < -0.4 is 15.5 Å². The van der Waals surface area contributed by atoms with E-state index in [4.69, 9.17) is 0 Å². The molecule has 1 aromatic heterocycles. The summed E-state index contributed by atoms with van der Waals surface area (Å²) in [4.78, 5) is 14.3. The first-order valence-corrected chi connectivity index (χ1v) is 8.17. The van der Waals surface area contributed by atoms with Gasteiger partial charge in [0.1, 0.15) is 0 Å². The van der Waals surface area contributed by atoms with E-state index in [1.54, 1.807) is 0 Å². The number of amides is 2. The number of aromatic nitrogens is 2. The molecule has 1 saturated heterocycles. The van der Waals surface area contributed by atoms with Gasteiger partial charge in [-0.05, 0) is 43.9 Å². The third kappa shape index (κ3) is 3.36. The summed E-state index contributed by atoms with van der Waals surface area (Å²) in [7, 11) is 0. The Morgan fingerprint density at radius 1 is 1.18 bits per heavy atom. The van der Waals surface area contributed by atoms with Crippen molar-refractivity contribution >= 4 is 33.3 Å². The summed E-state index contributed by atoms with van der Waals surface area (Å²) in [5.74, 6) is 0. The lowest BCUT2D eigenvalue weighted by Crippen LogP contribution is -2.20. The van der Waals surface area contributed by atoms with Crippen LogP contribution in [0.15, 0.2) is 18.2 Å². The Labute approximate surface area is 133 Å². The van der Waals surface area contributed by atoms with Gasteiger partial charge in [-0.25, -0.2) is 4.79 Å². The number of nitrogens with zero attached hydrogens (tertiary/aromatic N) is 3. The quantitative estimate of drug-likeness (QED) is 0.910. The number of anilines is 3. The van der Waals surface area contributed by atoms with Crippen LogP contribution in [0.25, 0.3) is 0 Å². The number of benzene rings is 1. The summed E-state index contributed by atoms with van der Waals surface area (Å²) in [5.41, 5.74) is 2.94. The molecule has 7 heteroatoms. The van der Waals surface area contributed by atoms with Crippen molar-refractivity contribution in [2.45, 2.75) is 26.7 Å². The SMILES string of the molecule is Cc1ccc(C)c(NC(=O)Nc2nnc(N3CCCC3)s2)c1. The van der Waals surface area contributed by atoms with Crippen molar-refractivity contribution < 1.29 is 4.79 Å². The maximum absolute atomic E-state index is 12.1. The molecule has 0 bridgehead atoms. The Kier molecular flexibility index (Phi) is 4.24. The molecule has 2 aromatic rings. The number of hydrogen-bond acceptors (Lipinski definition) is 5. The molecule has 0 aliphatic carbocycles. The second kappa shape index (κ2) is 6.31. The molecule has 2 N–H and O–H groups in total. The Morgan fingerprint density at radius 3 is 2.73 bits per heavy atom. The zero-order chi connectivity index (χ0) is 15.5. The van der Waals surface area contributed by atoms with Gasteiger partial charge in [0.25, 0.3) is 0 Å². The van der Waals surface area contributed by atoms with Gasteiger partial charge in [0.05, 0.1) is 0 Å². The summed E-state index contributed by atoms with van der Waals surface area (Å²) in [6.07, 6.45) is 2.38. The van der Waals surface area contributed by atoms with Crippen LogP contribution in [0.3, 0.4) is 0 Å². The zero-order valence-electron chi connectivity index (χ0n) is 12.7. The predicted octanol–water partition coefficient (Wildman–Crippen LogP) is 3.40. The molecule has 116 valence electrons. The van der Waals surface area contributed by atoms with Gasteiger partial charge in [0.2, 0.25) is 10.3 Å². The summed E-state index contributed by atoms with van der Waals surface area (Å²) < 4.78 is 0. The Morgan fingerprint density at radius 2 is 1.95 bits per heavy atom. The van der Waals surface area contributed by atoms with Crippen molar-refractivity contribution in [1.82, 2.24) is 10.2 Å². The highest BCUT2D eigenvalue weighted by molar-refractivity contribution is 7.19. The lowest BCUT2D eigenvalue weighted by molar-refractivity contribution is 0.262. The molecule has 2 amide bonds. The number of rotatable bonds is 3. The summed E-state index contributed by atoms with van der Waals surface area (Å²) in [5, 5.41) is 15.2. The molecule has 0 saturated carbocycles. The molecule has 0 unspecified atom stereocenters. The number of nitrogens with one attached hydrogen (secondary N) is 2. The average Bonchev–Trinajstić information content (AvgIpc) is 3.13. The molecule has 0 atom stereocenters. The molecule has 0 radical (unpaired) electrons. The Hall–Kier alpha value is -2.15. The number of hydrogen-bond donors (Lipinski definition) is 2. The van der Waals surface area contributed by atoms with Crippen molar-refractivity contribution in [3.05, 3.63) is 29.3 Å². The fourth-order valence-corrected chi connectivity index (χ4v) is 3.22. The van der Waals surface area contributed by atoms with E-state index in [1.807, 2.05) is 32.0 Å². The van der Waals surface area contributed by atoms with E-state index in [2.05, 4.69) is 25.7 Å². The summed E-state index contributed by atoms with van der Waals surface area (Å²) >= 11 is 1.41. The van der Waals surface area contributed by atoms with E-state index >= 15 is 0 Å². The third-order valence-corrected chi connectivity index (χ3v) is 4.55. The van der Waals surface area contributed by atoms with Gasteiger partial charge in [-0.15, -0.1) is 10.2 Å². The highest BCUT2D eigenvalue weighted by Gasteiger charge is 2.17. The fraction of sp³-hybridized carbons (Fsp3) is 0.400. The molecule has 2 heterocycles. The van der Waals surface area contributed by atoms with Crippen molar-refractivity contribution in [3.63, 3.8) is 0 Å². The van der Waals surface area contributed by atoms with Crippen LogP contribution >= 0.6 is 11.3 Å². The lowest BCUT2D eigenvalue weighted by Gasteiger charge is -2.11. The van der Waals surface area contributed by atoms with E-state index < -0.39 is 0 Å². The topological polar surface area (TPSA) is 70.1 Å². The minimum Gasteiger partial charge on any atom is -0.347 e. The molecule has 22 heavy (non-hydrogen) atoms. The van der Waals surface area contributed by atoms with Crippen LogP contribution in [0.2, 0.25) is 0 Å². The first kappa shape index (κ1) is 14.8. The molecule has 1 aliphatic rings. The zero-order valence-corrected chi connectivity index (χ0v) is 13.5. The minimum absolute atomic E-state index is 0.294. The van der Waals surface area contributed by atoms with Gasteiger partial charge in [-0.3, -0.25) is 5.32 Å². The van der Waals surface area contributed by atoms with Crippen LogP contribution in [-0.2, 0) is 0 Å². The lowest BCUT2D eigenvalue weighted by atomic mass is 10.1. The van der Waals surface area contributed by atoms with Gasteiger partial charge >= 0.3 is 6.03 Å². The van der Waals surface area contributed by atoms with Crippen molar-refractivity contribution in [2.75, 3.05) is 28.6 Å². The first-order chi connectivity index (χ1) is 10.6. The Bertz CT molecular complexity index is 678. The van der Waals surface area contributed by atoms with Gasteiger partial charge in [-0.2, -0.15) is 0 Å². The molecular weight excluding hydrogens is 298 g/mol. The molecular formula is C15H19N5OS. The Balaban J connectivity index is 1.63. The third-order valence-electron chi connectivity index (χ3n) is 3.65. The highest BCUT2D eigenvalue weighted by atomic mass is 32.1. The fourth-order valence-electron chi connectivity index (χ4n) is 2.42. The largest absolute Gasteiger partial charge is 0.347 e. The van der Waals surface area contributed by atoms with Crippen molar-refractivity contribution in [1.29, 1.82) is 0 Å². The van der Waals surface area contributed by atoms with Crippen LogP contribution in [0.4, 0.5) is 20.7 Å². The number of carbonyl (C=O) groups is 1. The van der Waals surface area contributed by atoms with Crippen molar-refractivity contribution in [2.24, 2.45) is 0 Å².